The lowest BCUT2D eigenvalue weighted by atomic mass is 9.83. The highest BCUT2D eigenvalue weighted by Gasteiger charge is 2.40. The van der Waals surface area contributed by atoms with Crippen molar-refractivity contribution in [3.05, 3.63) is 101 Å². The molecule has 1 unspecified atom stereocenters. The van der Waals surface area contributed by atoms with E-state index in [0.29, 0.717) is 10.9 Å². The minimum Gasteiger partial charge on any atom is -0.477 e. The first kappa shape index (κ1) is 27.7. The van der Waals surface area contributed by atoms with Crippen LogP contribution in [0.15, 0.2) is 85.3 Å². The van der Waals surface area contributed by atoms with E-state index < -0.39 is 5.97 Å². The third-order valence-electron chi connectivity index (χ3n) is 9.46. The molecule has 1 fully saturated rings. The van der Waals surface area contributed by atoms with Gasteiger partial charge >= 0.3 is 5.97 Å². The molecule has 4 aromatic heterocycles. The Morgan fingerprint density at radius 3 is 2.49 bits per heavy atom. The second kappa shape index (κ2) is 11.5. The predicted molar refractivity (Wildman–Crippen MR) is 171 cm³/mol. The molecule has 0 bridgehead atoms. The van der Waals surface area contributed by atoms with Crippen molar-refractivity contribution < 1.29 is 14.4 Å². The van der Waals surface area contributed by atoms with Crippen LogP contribution in [0.1, 0.15) is 60.0 Å². The molecule has 1 saturated carbocycles. The fourth-order valence-electron chi connectivity index (χ4n) is 6.99. The summed E-state index contributed by atoms with van der Waals surface area (Å²) in [6, 6.07) is 21.0. The molecule has 43 heavy (non-hydrogen) atoms. The third-order valence-corrected chi connectivity index (χ3v) is 10.6. The molecule has 2 aliphatic rings. The molecule has 1 aliphatic heterocycles. The van der Waals surface area contributed by atoms with E-state index in [-0.39, 0.29) is 0 Å². The average Bonchev–Trinajstić information content (AvgIpc) is 3.68. The van der Waals surface area contributed by atoms with Crippen LogP contribution in [0, 0.1) is 5.92 Å². The predicted octanol–water partition coefficient (Wildman–Crippen LogP) is 7.60. The van der Waals surface area contributed by atoms with Crippen LogP contribution in [0.3, 0.4) is 0 Å². The lowest BCUT2D eigenvalue weighted by molar-refractivity contribution is -0.961. The quantitative estimate of drug-likeness (QED) is 0.198. The van der Waals surface area contributed by atoms with Crippen LogP contribution in [0.25, 0.3) is 32.9 Å². The number of hydrogen-bond acceptors (Lipinski definition) is 5. The van der Waals surface area contributed by atoms with E-state index in [9.17, 15) is 9.90 Å². The molecule has 218 valence electrons. The molecule has 1 N–H and O–H groups in total. The Hall–Kier alpha value is -4.14. The first-order valence-corrected chi connectivity index (χ1v) is 16.0. The Morgan fingerprint density at radius 1 is 1.00 bits per heavy atom. The van der Waals surface area contributed by atoms with E-state index in [1.165, 1.54) is 37.0 Å². The van der Waals surface area contributed by atoms with Crippen molar-refractivity contribution in [2.75, 3.05) is 13.1 Å². The summed E-state index contributed by atoms with van der Waals surface area (Å²) in [6.45, 7) is 5.23. The number of aromatic nitrogens is 4. The summed E-state index contributed by atoms with van der Waals surface area (Å²) in [6.07, 6.45) is 13.8. The molecular weight excluding hydrogens is 554 g/mol. The number of carboxylic acid groups (broad SMARTS) is 1. The topological polar surface area (TPSA) is 80.4 Å². The van der Waals surface area contributed by atoms with Gasteiger partial charge in [0.05, 0.1) is 30.5 Å². The van der Waals surface area contributed by atoms with Crippen molar-refractivity contribution in [2.24, 2.45) is 5.92 Å². The van der Waals surface area contributed by atoms with Gasteiger partial charge in [-0.2, -0.15) is 5.10 Å². The molecule has 7 rings (SSSR count). The van der Waals surface area contributed by atoms with Crippen LogP contribution in [-0.2, 0) is 6.54 Å². The lowest BCUT2D eigenvalue weighted by Crippen LogP contribution is -2.57. The zero-order chi connectivity index (χ0) is 29.4. The first-order valence-electron chi connectivity index (χ1n) is 15.2. The first-order chi connectivity index (χ1) is 21.0. The number of nitrogens with zero attached hydrogens (tertiary/aromatic N) is 5. The van der Waals surface area contributed by atoms with Crippen molar-refractivity contribution in [1.29, 1.82) is 0 Å². The van der Waals surface area contributed by atoms with Gasteiger partial charge in [0, 0.05) is 47.1 Å². The van der Waals surface area contributed by atoms with Gasteiger partial charge in [-0.1, -0.05) is 37.3 Å². The largest absolute Gasteiger partial charge is 0.477 e. The number of rotatable bonds is 7. The molecule has 0 amide bonds. The minimum absolute atomic E-state index is 0.424. The SMILES string of the molecule is CC1CCC([N+]2(Cc3ccccn3)CC=C(c3cc(-c4ccc(-c5cc6ncccn6n5)cc4)sc3C(=O)O)CC2)CC1. The third kappa shape index (κ3) is 5.53. The summed E-state index contributed by atoms with van der Waals surface area (Å²) < 4.78 is 2.79. The number of fused-ring (bicyclic) bond motifs is 1. The molecule has 1 aromatic carbocycles. The number of benzene rings is 1. The summed E-state index contributed by atoms with van der Waals surface area (Å²) in [5.74, 6) is -0.0583. The maximum absolute atomic E-state index is 12.4. The smallest absolute Gasteiger partial charge is 0.346 e. The van der Waals surface area contributed by atoms with Gasteiger partial charge in [-0.05, 0) is 73.1 Å². The molecule has 5 aromatic rings. The Bertz CT molecular complexity index is 1750. The summed E-state index contributed by atoms with van der Waals surface area (Å²) >= 11 is 1.37. The fraction of sp³-hybridized carbons (Fsp3) is 0.314. The number of hydrogen-bond donors (Lipinski definition) is 1. The maximum atomic E-state index is 12.4. The van der Waals surface area contributed by atoms with Crippen LogP contribution >= 0.6 is 11.3 Å². The van der Waals surface area contributed by atoms with Crippen molar-refractivity contribution in [2.45, 2.75) is 51.6 Å². The molecule has 1 atom stereocenters. The van der Waals surface area contributed by atoms with E-state index in [4.69, 9.17) is 4.98 Å². The van der Waals surface area contributed by atoms with Gasteiger partial charge in [-0.3, -0.25) is 4.98 Å². The van der Waals surface area contributed by atoms with Gasteiger partial charge < -0.3 is 9.59 Å². The highest BCUT2D eigenvalue weighted by molar-refractivity contribution is 7.17. The molecule has 8 heteroatoms. The van der Waals surface area contributed by atoms with E-state index >= 15 is 0 Å². The zero-order valence-corrected chi connectivity index (χ0v) is 25.2. The summed E-state index contributed by atoms with van der Waals surface area (Å²) in [5.41, 5.74) is 6.84. The van der Waals surface area contributed by atoms with Crippen LogP contribution in [0.2, 0.25) is 0 Å². The van der Waals surface area contributed by atoms with Crippen LogP contribution in [-0.4, -0.2) is 54.3 Å². The van der Waals surface area contributed by atoms with Gasteiger partial charge in [-0.15, -0.1) is 11.3 Å². The fourth-order valence-corrected chi connectivity index (χ4v) is 8.03. The number of carboxylic acids is 1. The van der Waals surface area contributed by atoms with Gasteiger partial charge in [0.1, 0.15) is 11.4 Å². The Labute approximate surface area is 255 Å². The Balaban J connectivity index is 1.16. The van der Waals surface area contributed by atoms with Crippen molar-refractivity contribution in [1.82, 2.24) is 19.6 Å². The molecule has 7 nitrogen and oxygen atoms in total. The number of pyridine rings is 1. The molecule has 5 heterocycles. The maximum Gasteiger partial charge on any atom is 0.346 e. The highest BCUT2D eigenvalue weighted by Crippen LogP contribution is 2.41. The zero-order valence-electron chi connectivity index (χ0n) is 24.4. The summed E-state index contributed by atoms with van der Waals surface area (Å²) in [5, 5.41) is 14.8. The van der Waals surface area contributed by atoms with Gasteiger partial charge in [0.25, 0.3) is 0 Å². The molecule has 0 radical (unpaired) electrons. The Morgan fingerprint density at radius 2 is 1.79 bits per heavy atom. The van der Waals surface area contributed by atoms with E-state index in [0.717, 1.165) is 80.6 Å². The van der Waals surface area contributed by atoms with Gasteiger partial charge in [-0.25, -0.2) is 14.3 Å². The van der Waals surface area contributed by atoms with Crippen LogP contribution in [0.5, 0.6) is 0 Å². The van der Waals surface area contributed by atoms with Crippen molar-refractivity contribution in [3.8, 4) is 21.7 Å². The van der Waals surface area contributed by atoms with E-state index in [2.05, 4.69) is 53.4 Å². The normalized spacial score (nSPS) is 22.4. The molecule has 0 spiro atoms. The van der Waals surface area contributed by atoms with Crippen LogP contribution in [0.4, 0.5) is 0 Å². The standard InChI is InChI=1S/C35H35N5O2S/c1-24-6-12-29(13-7-24)40(23-28-5-2-3-16-36-28)19-14-25(15-20-40)30-21-32(43-34(30)35(41)42)27-10-8-26(9-11-27)31-22-33-37-17-4-18-39(33)38-31/h2-5,8-11,14,16-18,21-22,24,29H,6-7,12-13,15,19-20,23H2,1H3/p+1. The number of quaternary nitrogens is 1. The van der Waals surface area contributed by atoms with Gasteiger partial charge in [0.2, 0.25) is 0 Å². The number of carbonyl (C=O) groups is 1. The van der Waals surface area contributed by atoms with Crippen molar-refractivity contribution >= 4 is 28.5 Å². The monoisotopic (exact) mass is 590 g/mol. The number of thiophene rings is 1. The lowest BCUT2D eigenvalue weighted by Gasteiger charge is -2.48. The molecular formula is C35H36N5O2S+. The number of aromatic carboxylic acids is 1. The highest BCUT2D eigenvalue weighted by atomic mass is 32.1. The average molecular weight is 591 g/mol. The summed E-state index contributed by atoms with van der Waals surface area (Å²) in [7, 11) is 0. The Kier molecular flexibility index (Phi) is 7.41. The summed E-state index contributed by atoms with van der Waals surface area (Å²) in [4.78, 5) is 22.9. The van der Waals surface area contributed by atoms with Crippen LogP contribution < -0.4 is 0 Å². The molecule has 1 aliphatic carbocycles. The van der Waals surface area contributed by atoms with Gasteiger partial charge in [0.15, 0.2) is 5.65 Å². The molecule has 0 saturated heterocycles. The van der Waals surface area contributed by atoms with E-state index in [1.807, 2.05) is 42.7 Å². The second-order valence-corrected chi connectivity index (χ2v) is 13.2. The van der Waals surface area contributed by atoms with Crippen molar-refractivity contribution in [3.63, 3.8) is 0 Å². The minimum atomic E-state index is -0.859. The van der Waals surface area contributed by atoms with E-state index in [1.54, 1.807) is 10.7 Å². The second-order valence-electron chi connectivity index (χ2n) is 12.2.